The van der Waals surface area contributed by atoms with E-state index in [4.69, 9.17) is 10.8 Å². The van der Waals surface area contributed by atoms with Gasteiger partial charge in [0.15, 0.2) is 9.84 Å². The molecule has 0 unspecified atom stereocenters. The summed E-state index contributed by atoms with van der Waals surface area (Å²) in [6, 6.07) is 0. The number of rotatable bonds is 4. The molecule has 0 aliphatic heterocycles. The molecule has 0 spiro atoms. The van der Waals surface area contributed by atoms with Crippen molar-refractivity contribution in [2.45, 2.75) is 24.5 Å². The summed E-state index contributed by atoms with van der Waals surface area (Å²) in [6.45, 7) is 5.51. The maximum Gasteiger partial charge on any atom is 0.160 e. The maximum absolute atomic E-state index is 12.0. The van der Waals surface area contributed by atoms with Gasteiger partial charge in [-0.3, -0.25) is 0 Å². The molecule has 1 rings (SSSR count). The van der Waals surface area contributed by atoms with Crippen molar-refractivity contribution >= 4 is 9.84 Å². The fourth-order valence-corrected chi connectivity index (χ4v) is 4.14. The zero-order valence-corrected chi connectivity index (χ0v) is 9.89. The van der Waals surface area contributed by atoms with Crippen LogP contribution in [0.15, 0.2) is 12.2 Å². The summed E-state index contributed by atoms with van der Waals surface area (Å²) >= 11 is 0. The predicted octanol–water partition coefficient (Wildman–Crippen LogP) is 0.0771. The van der Waals surface area contributed by atoms with Crippen LogP contribution in [0.4, 0.5) is 0 Å². The number of sulfone groups is 1. The lowest BCUT2D eigenvalue weighted by atomic mass is 10.0. The van der Waals surface area contributed by atoms with E-state index in [0.717, 1.165) is 0 Å². The molecule has 0 bridgehead atoms. The number of hydrogen-bond donors (Lipinski definition) is 2. The van der Waals surface area contributed by atoms with Crippen LogP contribution >= 0.6 is 0 Å². The van der Waals surface area contributed by atoms with Gasteiger partial charge in [0, 0.05) is 18.9 Å². The van der Waals surface area contributed by atoms with Gasteiger partial charge in [-0.15, -0.1) is 0 Å². The fraction of sp³-hybridized carbons (Fsp3) is 0.800. The smallest absolute Gasteiger partial charge is 0.160 e. The summed E-state index contributed by atoms with van der Waals surface area (Å²) in [7, 11) is -3.24. The molecule has 4 nitrogen and oxygen atoms in total. The largest absolute Gasteiger partial charge is 0.396 e. The maximum atomic E-state index is 12.0. The lowest BCUT2D eigenvalue weighted by Crippen LogP contribution is -2.45. The Kier molecular flexibility index (Phi) is 3.58. The molecule has 1 saturated carbocycles. The van der Waals surface area contributed by atoms with Gasteiger partial charge in [0.05, 0.1) is 0 Å². The molecule has 0 aromatic heterocycles. The first kappa shape index (κ1) is 12.7. The van der Waals surface area contributed by atoms with E-state index >= 15 is 0 Å². The minimum atomic E-state index is -3.24. The summed E-state index contributed by atoms with van der Waals surface area (Å²) < 4.78 is 23.0. The van der Waals surface area contributed by atoms with Gasteiger partial charge in [-0.2, -0.15) is 0 Å². The van der Waals surface area contributed by atoms with Crippen molar-refractivity contribution in [3.63, 3.8) is 0 Å². The second-order valence-corrected chi connectivity index (χ2v) is 6.75. The SMILES string of the molecule is C=C1C[C@@H](CO)C[C@@]1(CN)S(=O)(=O)CC. The highest BCUT2D eigenvalue weighted by atomic mass is 32.2. The van der Waals surface area contributed by atoms with E-state index in [-0.39, 0.29) is 24.8 Å². The van der Waals surface area contributed by atoms with E-state index in [2.05, 4.69) is 6.58 Å². The van der Waals surface area contributed by atoms with Gasteiger partial charge in [0.2, 0.25) is 0 Å². The molecule has 5 heteroatoms. The van der Waals surface area contributed by atoms with E-state index in [1.807, 2.05) is 0 Å². The number of aliphatic hydroxyl groups is 1. The zero-order chi connectivity index (χ0) is 11.7. The average Bonchev–Trinajstić information content (AvgIpc) is 2.56. The topological polar surface area (TPSA) is 80.4 Å². The molecule has 0 heterocycles. The Labute approximate surface area is 91.1 Å². The number of nitrogens with two attached hydrogens (primary N) is 1. The van der Waals surface area contributed by atoms with Crippen LogP contribution in [0, 0.1) is 5.92 Å². The van der Waals surface area contributed by atoms with Crippen LogP contribution in [0.1, 0.15) is 19.8 Å². The molecule has 1 aliphatic carbocycles. The van der Waals surface area contributed by atoms with Gasteiger partial charge < -0.3 is 10.8 Å². The third-order valence-corrected chi connectivity index (χ3v) is 5.93. The van der Waals surface area contributed by atoms with E-state index in [1.165, 1.54) is 0 Å². The summed E-state index contributed by atoms with van der Waals surface area (Å²) in [6.07, 6.45) is 0.974. The first-order chi connectivity index (χ1) is 6.93. The van der Waals surface area contributed by atoms with Crippen LogP contribution in [-0.4, -0.2) is 37.2 Å². The Bertz CT molecular complexity index is 350. The van der Waals surface area contributed by atoms with Gasteiger partial charge in [0.25, 0.3) is 0 Å². The highest BCUT2D eigenvalue weighted by Gasteiger charge is 2.49. The second kappa shape index (κ2) is 4.23. The third kappa shape index (κ3) is 1.84. The van der Waals surface area contributed by atoms with Crippen molar-refractivity contribution in [2.24, 2.45) is 11.7 Å². The second-order valence-electron chi connectivity index (χ2n) is 4.16. The molecular weight excluding hydrogens is 214 g/mol. The quantitative estimate of drug-likeness (QED) is 0.674. The zero-order valence-electron chi connectivity index (χ0n) is 9.07. The molecular formula is C10H19NO3S. The Morgan fingerprint density at radius 3 is 2.60 bits per heavy atom. The Morgan fingerprint density at radius 1 is 1.67 bits per heavy atom. The molecule has 15 heavy (non-hydrogen) atoms. The first-order valence-electron chi connectivity index (χ1n) is 5.15. The van der Waals surface area contributed by atoms with Crippen molar-refractivity contribution in [2.75, 3.05) is 18.9 Å². The van der Waals surface area contributed by atoms with Gasteiger partial charge in [-0.05, 0) is 18.8 Å². The van der Waals surface area contributed by atoms with Gasteiger partial charge >= 0.3 is 0 Å². The molecule has 1 fully saturated rings. The van der Waals surface area contributed by atoms with E-state index < -0.39 is 14.6 Å². The van der Waals surface area contributed by atoms with Gasteiger partial charge in [-0.1, -0.05) is 19.1 Å². The molecule has 0 saturated heterocycles. The van der Waals surface area contributed by atoms with E-state index in [1.54, 1.807) is 6.92 Å². The lowest BCUT2D eigenvalue weighted by molar-refractivity contribution is 0.228. The molecule has 88 valence electrons. The average molecular weight is 233 g/mol. The van der Waals surface area contributed by atoms with E-state index in [0.29, 0.717) is 18.4 Å². The highest BCUT2D eigenvalue weighted by Crippen LogP contribution is 2.43. The van der Waals surface area contributed by atoms with Crippen LogP contribution in [0.3, 0.4) is 0 Å². The minimum absolute atomic E-state index is 0.00000425. The van der Waals surface area contributed by atoms with Crippen LogP contribution < -0.4 is 5.73 Å². The standard InChI is InChI=1S/C10H19NO3S/c1-3-15(13,14)10(7-11)5-9(6-12)4-8(10)2/h9,12H,2-7,11H2,1H3/t9-,10+/m1/s1. The minimum Gasteiger partial charge on any atom is -0.396 e. The van der Waals surface area contributed by atoms with Crippen LogP contribution in [0.25, 0.3) is 0 Å². The van der Waals surface area contributed by atoms with Crippen LogP contribution in [0.2, 0.25) is 0 Å². The molecule has 0 amide bonds. The van der Waals surface area contributed by atoms with Crippen molar-refractivity contribution < 1.29 is 13.5 Å². The lowest BCUT2D eigenvalue weighted by Gasteiger charge is -2.28. The normalized spacial score (nSPS) is 32.2. The molecule has 0 aromatic carbocycles. The molecule has 0 aromatic rings. The Hall–Kier alpha value is -0.390. The Balaban J connectivity index is 3.12. The monoisotopic (exact) mass is 233 g/mol. The molecule has 0 radical (unpaired) electrons. The van der Waals surface area contributed by atoms with Crippen molar-refractivity contribution in [3.05, 3.63) is 12.2 Å². The molecule has 1 aliphatic rings. The van der Waals surface area contributed by atoms with Crippen molar-refractivity contribution in [1.82, 2.24) is 0 Å². The van der Waals surface area contributed by atoms with Crippen molar-refractivity contribution in [3.8, 4) is 0 Å². The van der Waals surface area contributed by atoms with Gasteiger partial charge in [0.1, 0.15) is 4.75 Å². The summed E-state index contributed by atoms with van der Waals surface area (Å²) in [5.41, 5.74) is 6.27. The number of hydrogen-bond acceptors (Lipinski definition) is 4. The third-order valence-electron chi connectivity index (χ3n) is 3.36. The first-order valence-corrected chi connectivity index (χ1v) is 6.80. The highest BCUT2D eigenvalue weighted by molar-refractivity contribution is 7.93. The summed E-state index contributed by atoms with van der Waals surface area (Å²) in [5.74, 6) is 0.0591. The number of aliphatic hydroxyl groups excluding tert-OH is 1. The molecule has 2 atom stereocenters. The summed E-state index contributed by atoms with van der Waals surface area (Å²) in [4.78, 5) is 0. The summed E-state index contributed by atoms with van der Waals surface area (Å²) in [5, 5.41) is 9.07. The van der Waals surface area contributed by atoms with Crippen LogP contribution in [-0.2, 0) is 9.84 Å². The predicted molar refractivity (Wildman–Crippen MR) is 60.2 cm³/mol. The van der Waals surface area contributed by atoms with Gasteiger partial charge in [-0.25, -0.2) is 8.42 Å². The van der Waals surface area contributed by atoms with E-state index in [9.17, 15) is 8.42 Å². The van der Waals surface area contributed by atoms with Crippen molar-refractivity contribution in [1.29, 1.82) is 0 Å². The fourth-order valence-electron chi connectivity index (χ4n) is 2.32. The Morgan fingerprint density at radius 2 is 2.27 bits per heavy atom. The van der Waals surface area contributed by atoms with Crippen LogP contribution in [0.5, 0.6) is 0 Å². The molecule has 3 N–H and O–H groups in total.